The predicted octanol–water partition coefficient (Wildman–Crippen LogP) is 6.50. The van der Waals surface area contributed by atoms with Crippen LogP contribution in [0.25, 0.3) is 21.9 Å². The Kier molecular flexibility index (Phi) is 10.9. The molecule has 3 amide bonds. The number of aromatic nitrogens is 4. The first-order valence-corrected chi connectivity index (χ1v) is 20.7. The minimum absolute atomic E-state index is 0.140. The number of nitrogens with zero attached hydrogens (tertiary/aromatic N) is 6. The lowest BCUT2D eigenvalue weighted by Gasteiger charge is -2.40. The van der Waals surface area contributed by atoms with Gasteiger partial charge in [-0.1, -0.05) is 12.1 Å². The Labute approximate surface area is 345 Å². The number of imide groups is 1. The van der Waals surface area contributed by atoms with Crippen molar-refractivity contribution < 1.29 is 32.7 Å². The van der Waals surface area contributed by atoms with E-state index in [0.717, 1.165) is 86.9 Å². The molecular weight excluding hydrogens is 778 g/mol. The van der Waals surface area contributed by atoms with E-state index in [0.29, 0.717) is 40.7 Å². The third kappa shape index (κ3) is 8.06. The van der Waals surface area contributed by atoms with E-state index >= 15 is 0 Å². The number of para-hydroxylation sites is 1. The van der Waals surface area contributed by atoms with Crippen LogP contribution in [0.3, 0.4) is 0 Å². The van der Waals surface area contributed by atoms with Crippen LogP contribution in [0.1, 0.15) is 98.8 Å². The third-order valence-electron chi connectivity index (χ3n) is 12.8. The van der Waals surface area contributed by atoms with E-state index in [1.807, 2.05) is 29.1 Å². The molecular formula is C44H51F3N8O5. The average molecular weight is 829 g/mol. The molecule has 5 aromatic rings. The lowest BCUT2D eigenvalue weighted by molar-refractivity contribution is -0.138. The standard InChI is InChI=1S/C44H51F3N8O5/c1-43(2,60)32-23-33-28(22-34(32)48-40(57)27-7-5-8-29(21-27)44(45,46)47)25-54(50-33)31-13-11-26(12-14-31)24-51(3)30-17-19-53(20-18-30)35-9-6-10-36-39(35)52(4)42(59)55(36)37-15-16-38(56)49-41(37)58/h5-10,21-23,25-26,30-31,37,60H,11-20,24H2,1-4H3,(H,48,57)(H,49,56,58). The number of aliphatic hydroxyl groups is 1. The molecule has 3 fully saturated rings. The van der Waals surface area contributed by atoms with Crippen molar-refractivity contribution in [1.82, 2.24) is 29.1 Å². The van der Waals surface area contributed by atoms with Crippen molar-refractivity contribution in [2.24, 2.45) is 13.0 Å². The molecule has 13 nitrogen and oxygen atoms in total. The van der Waals surface area contributed by atoms with Gasteiger partial charge in [-0.25, -0.2) is 4.79 Å². The van der Waals surface area contributed by atoms with Gasteiger partial charge in [-0.3, -0.25) is 33.5 Å². The second-order valence-electron chi connectivity index (χ2n) is 17.3. The first kappa shape index (κ1) is 41.3. The summed E-state index contributed by atoms with van der Waals surface area (Å²) in [6.07, 6.45) is 3.76. The first-order chi connectivity index (χ1) is 28.5. The van der Waals surface area contributed by atoms with E-state index in [9.17, 15) is 37.5 Å². The maximum atomic E-state index is 13.5. The maximum Gasteiger partial charge on any atom is 0.416 e. The van der Waals surface area contributed by atoms with E-state index in [4.69, 9.17) is 5.10 Å². The van der Waals surface area contributed by atoms with Crippen molar-refractivity contribution in [3.8, 4) is 0 Å². The lowest BCUT2D eigenvalue weighted by Crippen LogP contribution is -2.45. The van der Waals surface area contributed by atoms with Gasteiger partial charge in [0.15, 0.2) is 0 Å². The van der Waals surface area contributed by atoms with Crippen LogP contribution >= 0.6 is 0 Å². The summed E-state index contributed by atoms with van der Waals surface area (Å²) in [5.74, 6) is -0.939. The number of anilines is 2. The van der Waals surface area contributed by atoms with Crippen molar-refractivity contribution in [2.45, 2.75) is 95.1 Å². The highest BCUT2D eigenvalue weighted by atomic mass is 19.4. The minimum Gasteiger partial charge on any atom is -0.386 e. The fraction of sp³-hybridized carbons (Fsp3) is 0.477. The number of carbonyl (C=O) groups is 3. The summed E-state index contributed by atoms with van der Waals surface area (Å²) in [6.45, 7) is 5.82. The van der Waals surface area contributed by atoms with Crippen LogP contribution in [0.5, 0.6) is 0 Å². The smallest absolute Gasteiger partial charge is 0.386 e. The zero-order valence-electron chi connectivity index (χ0n) is 34.3. The molecule has 3 N–H and O–H groups in total. The number of alkyl halides is 3. The van der Waals surface area contributed by atoms with E-state index in [1.54, 1.807) is 37.6 Å². The zero-order valence-corrected chi connectivity index (χ0v) is 34.3. The van der Waals surface area contributed by atoms with Gasteiger partial charge >= 0.3 is 11.9 Å². The van der Waals surface area contributed by atoms with Crippen molar-refractivity contribution in [2.75, 3.05) is 36.9 Å². The van der Waals surface area contributed by atoms with Crippen LogP contribution in [-0.2, 0) is 28.4 Å². The molecule has 8 rings (SSSR count). The number of halogens is 3. The number of hydrogen-bond donors (Lipinski definition) is 3. The number of piperidine rings is 2. The molecule has 0 radical (unpaired) electrons. The third-order valence-corrected chi connectivity index (χ3v) is 12.8. The number of benzene rings is 3. The van der Waals surface area contributed by atoms with Gasteiger partial charge < -0.3 is 20.2 Å². The average Bonchev–Trinajstić information content (AvgIpc) is 3.74. The van der Waals surface area contributed by atoms with Gasteiger partial charge in [0.05, 0.1) is 39.4 Å². The quantitative estimate of drug-likeness (QED) is 0.143. The van der Waals surface area contributed by atoms with Crippen LogP contribution in [0, 0.1) is 5.92 Å². The summed E-state index contributed by atoms with van der Waals surface area (Å²) < 4.78 is 45.1. The Balaban J connectivity index is 0.885. The molecule has 60 heavy (non-hydrogen) atoms. The molecule has 318 valence electrons. The number of amides is 3. The summed E-state index contributed by atoms with van der Waals surface area (Å²) in [4.78, 5) is 56.0. The number of hydrogen-bond acceptors (Lipinski definition) is 8. The normalized spacial score (nSPS) is 20.9. The highest BCUT2D eigenvalue weighted by Gasteiger charge is 2.34. The van der Waals surface area contributed by atoms with Gasteiger partial charge in [0.25, 0.3) is 5.91 Å². The van der Waals surface area contributed by atoms with Crippen LogP contribution in [0.4, 0.5) is 24.5 Å². The van der Waals surface area contributed by atoms with E-state index in [-0.39, 0.29) is 29.6 Å². The van der Waals surface area contributed by atoms with Crippen LogP contribution < -0.4 is 21.2 Å². The summed E-state index contributed by atoms with van der Waals surface area (Å²) in [6, 6.07) is 13.4. The minimum atomic E-state index is -4.59. The zero-order chi connectivity index (χ0) is 42.7. The molecule has 1 unspecified atom stereocenters. The van der Waals surface area contributed by atoms with Crippen molar-refractivity contribution in [3.63, 3.8) is 0 Å². The molecule has 3 aromatic carbocycles. The molecule has 2 aromatic heterocycles. The first-order valence-electron chi connectivity index (χ1n) is 20.7. The molecule has 2 saturated heterocycles. The van der Waals surface area contributed by atoms with Gasteiger partial charge in [-0.15, -0.1) is 0 Å². The molecule has 1 saturated carbocycles. The second kappa shape index (κ2) is 15.8. The number of carbonyl (C=O) groups excluding carboxylic acids is 3. The SMILES string of the molecule is CN(CC1CCC(n2cc3cc(NC(=O)c4cccc(C(F)(F)F)c4)c(C(C)(C)O)cc3n2)CC1)C1CCN(c2cccc3c2n(C)c(=O)n3C2CCC(=O)NC2=O)CC1. The molecule has 4 heterocycles. The van der Waals surface area contributed by atoms with Crippen LogP contribution in [0.2, 0.25) is 0 Å². The molecule has 2 aliphatic heterocycles. The molecule has 1 atom stereocenters. The fourth-order valence-electron chi connectivity index (χ4n) is 9.52. The van der Waals surface area contributed by atoms with E-state index < -0.39 is 35.2 Å². The van der Waals surface area contributed by atoms with Crippen LogP contribution in [-0.4, -0.2) is 79.4 Å². The fourth-order valence-corrected chi connectivity index (χ4v) is 9.52. The largest absolute Gasteiger partial charge is 0.416 e. The number of nitrogens with one attached hydrogen (secondary N) is 2. The Bertz CT molecular complexity index is 2520. The lowest BCUT2D eigenvalue weighted by atomic mass is 9.85. The van der Waals surface area contributed by atoms with Gasteiger partial charge in [-0.2, -0.15) is 18.3 Å². The number of fused-ring (bicyclic) bond motifs is 2. The highest BCUT2D eigenvalue weighted by molar-refractivity contribution is 6.06. The summed E-state index contributed by atoms with van der Waals surface area (Å²) in [5, 5.41) is 21.8. The van der Waals surface area contributed by atoms with Crippen molar-refractivity contribution in [3.05, 3.63) is 88.0 Å². The van der Waals surface area contributed by atoms with Crippen LogP contribution in [0.15, 0.2) is 65.6 Å². The summed E-state index contributed by atoms with van der Waals surface area (Å²) >= 11 is 0. The Morgan fingerprint density at radius 3 is 2.37 bits per heavy atom. The molecule has 16 heteroatoms. The summed E-state index contributed by atoms with van der Waals surface area (Å²) in [5.41, 5.74) is 1.13. The Morgan fingerprint density at radius 2 is 1.68 bits per heavy atom. The monoisotopic (exact) mass is 828 g/mol. The maximum absolute atomic E-state index is 13.5. The Hall–Kier alpha value is -5.48. The number of imidazole rings is 1. The van der Waals surface area contributed by atoms with Gasteiger partial charge in [0.1, 0.15) is 6.04 Å². The van der Waals surface area contributed by atoms with Gasteiger partial charge in [0, 0.05) is 67.5 Å². The number of rotatable bonds is 9. The Morgan fingerprint density at radius 1 is 0.967 bits per heavy atom. The second-order valence-corrected chi connectivity index (χ2v) is 17.3. The predicted molar refractivity (Wildman–Crippen MR) is 222 cm³/mol. The van der Waals surface area contributed by atoms with Crippen molar-refractivity contribution >= 4 is 51.0 Å². The molecule has 0 spiro atoms. The molecule has 0 bridgehead atoms. The van der Waals surface area contributed by atoms with E-state index in [1.165, 1.54) is 16.7 Å². The van der Waals surface area contributed by atoms with Gasteiger partial charge in [-0.05, 0) is 114 Å². The molecule has 3 aliphatic rings. The molecule has 1 aliphatic carbocycles. The van der Waals surface area contributed by atoms with Crippen molar-refractivity contribution in [1.29, 1.82) is 0 Å². The van der Waals surface area contributed by atoms with Gasteiger partial charge in [0.2, 0.25) is 11.8 Å². The summed E-state index contributed by atoms with van der Waals surface area (Å²) in [7, 11) is 3.95. The van der Waals surface area contributed by atoms with E-state index in [2.05, 4.69) is 27.5 Å². The topological polar surface area (TPSA) is 147 Å². The number of aryl methyl sites for hydroxylation is 1. The highest BCUT2D eigenvalue weighted by Crippen LogP contribution is 2.38.